The van der Waals surface area contributed by atoms with Crippen molar-refractivity contribution in [2.45, 2.75) is 19.8 Å². The number of anilines is 1. The summed E-state index contributed by atoms with van der Waals surface area (Å²) in [5.41, 5.74) is 6.64. The summed E-state index contributed by atoms with van der Waals surface area (Å²) in [4.78, 5) is 8.52. The maximum absolute atomic E-state index is 5.71. The third-order valence-electron chi connectivity index (χ3n) is 2.10. The van der Waals surface area contributed by atoms with Gasteiger partial charge in [-0.2, -0.15) is 0 Å². The topological polar surface area (TPSA) is 64.9 Å². The molecule has 0 spiro atoms. The van der Waals surface area contributed by atoms with Gasteiger partial charge >= 0.3 is 0 Å². The highest BCUT2D eigenvalue weighted by atomic mass is 16.3. The summed E-state index contributed by atoms with van der Waals surface area (Å²) in [6.07, 6.45) is 1.59. The van der Waals surface area contributed by atoms with Crippen molar-refractivity contribution >= 4 is 5.82 Å². The van der Waals surface area contributed by atoms with Crippen molar-refractivity contribution in [1.82, 2.24) is 9.97 Å². The molecule has 15 heavy (non-hydrogen) atoms. The molecule has 0 aliphatic rings. The lowest BCUT2D eigenvalue weighted by Crippen LogP contribution is -2.01. The van der Waals surface area contributed by atoms with E-state index in [9.17, 15) is 0 Å². The van der Waals surface area contributed by atoms with Crippen molar-refractivity contribution in [2.75, 3.05) is 5.73 Å². The molecule has 2 aromatic rings. The number of hydrogen-bond donors (Lipinski definition) is 1. The summed E-state index contributed by atoms with van der Waals surface area (Å²) in [5.74, 6) is 1.98. The van der Waals surface area contributed by atoms with E-state index in [1.165, 1.54) is 0 Å². The number of hydrogen-bond acceptors (Lipinski definition) is 4. The molecule has 0 amide bonds. The summed E-state index contributed by atoms with van der Waals surface area (Å²) in [6, 6.07) is 5.41. The van der Waals surface area contributed by atoms with Crippen LogP contribution in [0, 0.1) is 0 Å². The molecule has 0 saturated heterocycles. The molecular weight excluding hydrogens is 190 g/mol. The van der Waals surface area contributed by atoms with E-state index in [1.807, 2.05) is 6.07 Å². The van der Waals surface area contributed by atoms with Crippen LogP contribution in [0.3, 0.4) is 0 Å². The Morgan fingerprint density at radius 2 is 2.13 bits per heavy atom. The molecule has 2 N–H and O–H groups in total. The second-order valence-corrected chi connectivity index (χ2v) is 3.67. The third kappa shape index (κ3) is 1.98. The van der Waals surface area contributed by atoms with Gasteiger partial charge in [0.25, 0.3) is 0 Å². The maximum Gasteiger partial charge on any atom is 0.197 e. The van der Waals surface area contributed by atoms with E-state index in [0.717, 1.165) is 5.69 Å². The third-order valence-corrected chi connectivity index (χ3v) is 2.10. The van der Waals surface area contributed by atoms with Crippen molar-refractivity contribution in [1.29, 1.82) is 0 Å². The highest BCUT2D eigenvalue weighted by Crippen LogP contribution is 2.20. The summed E-state index contributed by atoms with van der Waals surface area (Å²) < 4.78 is 5.23. The van der Waals surface area contributed by atoms with Crippen LogP contribution < -0.4 is 5.73 Å². The summed E-state index contributed by atoms with van der Waals surface area (Å²) >= 11 is 0. The molecule has 0 aliphatic heterocycles. The van der Waals surface area contributed by atoms with E-state index in [2.05, 4.69) is 23.8 Å². The minimum absolute atomic E-state index is 0.323. The Morgan fingerprint density at radius 1 is 1.33 bits per heavy atom. The number of nitrogens with two attached hydrogens (primary N) is 1. The molecule has 0 unspecified atom stereocenters. The molecule has 0 bridgehead atoms. The van der Waals surface area contributed by atoms with Crippen LogP contribution in [0.4, 0.5) is 5.82 Å². The van der Waals surface area contributed by atoms with Crippen LogP contribution in [0.2, 0.25) is 0 Å². The van der Waals surface area contributed by atoms with Gasteiger partial charge in [0, 0.05) is 11.8 Å². The largest absolute Gasteiger partial charge is 0.461 e. The second kappa shape index (κ2) is 3.73. The average molecular weight is 203 g/mol. The number of aromatic nitrogens is 2. The molecule has 4 heteroatoms. The fourth-order valence-electron chi connectivity index (χ4n) is 1.30. The molecule has 0 aromatic carbocycles. The van der Waals surface area contributed by atoms with Gasteiger partial charge in [-0.15, -0.1) is 0 Å². The maximum atomic E-state index is 5.71. The first-order chi connectivity index (χ1) is 7.16. The van der Waals surface area contributed by atoms with Crippen LogP contribution in [0.25, 0.3) is 11.6 Å². The van der Waals surface area contributed by atoms with Gasteiger partial charge in [0.05, 0.1) is 6.26 Å². The second-order valence-electron chi connectivity index (χ2n) is 3.67. The number of nitrogens with zero attached hydrogens (tertiary/aromatic N) is 2. The van der Waals surface area contributed by atoms with Crippen molar-refractivity contribution in [3.63, 3.8) is 0 Å². The molecule has 78 valence electrons. The molecule has 2 heterocycles. The van der Waals surface area contributed by atoms with Gasteiger partial charge < -0.3 is 10.2 Å². The van der Waals surface area contributed by atoms with Gasteiger partial charge in [-0.1, -0.05) is 13.8 Å². The first-order valence-electron chi connectivity index (χ1n) is 4.85. The van der Waals surface area contributed by atoms with E-state index in [4.69, 9.17) is 10.2 Å². The normalized spacial score (nSPS) is 10.9. The van der Waals surface area contributed by atoms with Gasteiger partial charge in [-0.05, 0) is 18.1 Å². The minimum Gasteiger partial charge on any atom is -0.461 e. The highest BCUT2D eigenvalue weighted by Gasteiger charge is 2.09. The predicted molar refractivity (Wildman–Crippen MR) is 58.2 cm³/mol. The molecule has 0 atom stereocenters. The van der Waals surface area contributed by atoms with E-state index < -0.39 is 0 Å². The van der Waals surface area contributed by atoms with Gasteiger partial charge in [-0.25, -0.2) is 9.97 Å². The van der Waals surface area contributed by atoms with Gasteiger partial charge in [0.15, 0.2) is 11.6 Å². The SMILES string of the molecule is CC(C)c1cc(N)nc(-c2ccco2)n1. The van der Waals surface area contributed by atoms with Crippen molar-refractivity contribution in [3.8, 4) is 11.6 Å². The van der Waals surface area contributed by atoms with Crippen LogP contribution in [0.15, 0.2) is 28.9 Å². The van der Waals surface area contributed by atoms with Gasteiger partial charge in [0.1, 0.15) is 5.82 Å². The molecule has 0 fully saturated rings. The van der Waals surface area contributed by atoms with E-state index in [1.54, 1.807) is 18.4 Å². The summed E-state index contributed by atoms with van der Waals surface area (Å²) in [6.45, 7) is 4.13. The zero-order valence-electron chi connectivity index (χ0n) is 8.77. The van der Waals surface area contributed by atoms with E-state index >= 15 is 0 Å². The lowest BCUT2D eigenvalue weighted by Gasteiger charge is -2.06. The first kappa shape index (κ1) is 9.71. The van der Waals surface area contributed by atoms with E-state index in [-0.39, 0.29) is 0 Å². The Hall–Kier alpha value is -1.84. The van der Waals surface area contributed by atoms with Crippen molar-refractivity contribution < 1.29 is 4.42 Å². The molecular formula is C11H13N3O. The van der Waals surface area contributed by atoms with Crippen LogP contribution in [0.1, 0.15) is 25.5 Å². The van der Waals surface area contributed by atoms with Crippen LogP contribution in [-0.4, -0.2) is 9.97 Å². The molecule has 4 nitrogen and oxygen atoms in total. The predicted octanol–water partition coefficient (Wildman–Crippen LogP) is 2.44. The van der Waals surface area contributed by atoms with E-state index in [0.29, 0.717) is 23.3 Å². The van der Waals surface area contributed by atoms with Crippen molar-refractivity contribution in [3.05, 3.63) is 30.2 Å². The average Bonchev–Trinajstić information content (AvgIpc) is 2.69. The summed E-state index contributed by atoms with van der Waals surface area (Å²) in [7, 11) is 0. The Kier molecular flexibility index (Phi) is 2.41. The molecule has 0 aliphatic carbocycles. The van der Waals surface area contributed by atoms with Crippen LogP contribution in [0.5, 0.6) is 0 Å². The molecule has 2 rings (SSSR count). The van der Waals surface area contributed by atoms with Crippen LogP contribution in [-0.2, 0) is 0 Å². The lowest BCUT2D eigenvalue weighted by molar-refractivity contribution is 0.576. The Labute approximate surface area is 88.2 Å². The molecule has 0 saturated carbocycles. The minimum atomic E-state index is 0.323. The van der Waals surface area contributed by atoms with Gasteiger partial charge in [-0.3, -0.25) is 0 Å². The highest BCUT2D eigenvalue weighted by molar-refractivity contribution is 5.50. The number of furan rings is 1. The zero-order valence-corrected chi connectivity index (χ0v) is 8.77. The summed E-state index contributed by atoms with van der Waals surface area (Å²) in [5, 5.41) is 0. The number of rotatable bonds is 2. The Morgan fingerprint density at radius 3 is 2.73 bits per heavy atom. The fourth-order valence-corrected chi connectivity index (χ4v) is 1.30. The van der Waals surface area contributed by atoms with Gasteiger partial charge in [0.2, 0.25) is 0 Å². The first-order valence-corrected chi connectivity index (χ1v) is 4.85. The molecule has 2 aromatic heterocycles. The number of nitrogen functional groups attached to an aromatic ring is 1. The van der Waals surface area contributed by atoms with Crippen molar-refractivity contribution in [2.24, 2.45) is 0 Å². The monoisotopic (exact) mass is 203 g/mol. The smallest absolute Gasteiger partial charge is 0.197 e. The Bertz CT molecular complexity index is 449. The standard InChI is InChI=1S/C11H13N3O/c1-7(2)8-6-10(12)14-11(13-8)9-4-3-5-15-9/h3-7H,1-2H3,(H2,12,13,14). The zero-order chi connectivity index (χ0) is 10.8. The fraction of sp³-hybridized carbons (Fsp3) is 0.273. The quantitative estimate of drug-likeness (QED) is 0.814. The Balaban J connectivity index is 2.49. The molecule has 0 radical (unpaired) electrons. The lowest BCUT2D eigenvalue weighted by atomic mass is 10.1. The van der Waals surface area contributed by atoms with Crippen LogP contribution >= 0.6 is 0 Å².